The number of rotatable bonds is 3. The van der Waals surface area contributed by atoms with E-state index in [-0.39, 0.29) is 12.1 Å². The fraction of sp³-hybridized carbons (Fsp3) is 1.00. The average Bonchev–Trinajstić information content (AvgIpc) is 2.72. The quantitative estimate of drug-likeness (QED) is 0.714. The van der Waals surface area contributed by atoms with Crippen LogP contribution in [0.2, 0.25) is 0 Å². The van der Waals surface area contributed by atoms with Crippen molar-refractivity contribution in [1.82, 2.24) is 5.32 Å². The van der Waals surface area contributed by atoms with Crippen LogP contribution in [0.4, 0.5) is 0 Å². The van der Waals surface area contributed by atoms with Gasteiger partial charge in [-0.3, -0.25) is 0 Å². The summed E-state index contributed by atoms with van der Waals surface area (Å²) in [6, 6.07) is 0. The van der Waals surface area contributed by atoms with Crippen LogP contribution < -0.4 is 5.32 Å². The predicted octanol–water partition coefficient (Wildman–Crippen LogP) is 1.06. The molecule has 2 rings (SSSR count). The molecule has 2 N–H and O–H groups in total. The number of hydrogen-bond donors (Lipinski definition) is 2. The van der Waals surface area contributed by atoms with Crippen LogP contribution in [-0.2, 0) is 4.74 Å². The molecule has 0 aliphatic carbocycles. The van der Waals surface area contributed by atoms with E-state index in [1.54, 1.807) is 0 Å². The second kappa shape index (κ2) is 4.60. The molecule has 0 bridgehead atoms. The van der Waals surface area contributed by atoms with Crippen LogP contribution in [0.1, 0.15) is 38.5 Å². The molecule has 3 heteroatoms. The first kappa shape index (κ1) is 10.4. The smallest absolute Gasteiger partial charge is 0.0614 e. The molecule has 2 aliphatic heterocycles. The van der Waals surface area contributed by atoms with Gasteiger partial charge in [0.15, 0.2) is 0 Å². The third-order valence-electron chi connectivity index (χ3n) is 3.53. The standard InChI is InChI=1S/C11H21NO2/c13-9-11(5-1-2-6-12-11)8-10-4-3-7-14-10/h10,12-13H,1-9H2. The molecule has 0 spiro atoms. The van der Waals surface area contributed by atoms with Crippen LogP contribution in [0.5, 0.6) is 0 Å². The molecule has 3 nitrogen and oxygen atoms in total. The number of piperidine rings is 1. The Morgan fingerprint density at radius 2 is 2.29 bits per heavy atom. The van der Waals surface area contributed by atoms with Crippen molar-refractivity contribution in [2.75, 3.05) is 19.8 Å². The molecule has 2 saturated heterocycles. The minimum Gasteiger partial charge on any atom is -0.394 e. The lowest BCUT2D eigenvalue weighted by Gasteiger charge is -2.38. The van der Waals surface area contributed by atoms with Crippen LogP contribution in [0.3, 0.4) is 0 Å². The normalized spacial score (nSPS) is 38.8. The van der Waals surface area contributed by atoms with E-state index in [1.165, 1.54) is 25.7 Å². The molecule has 0 amide bonds. The molecule has 0 aromatic rings. The second-order valence-corrected chi connectivity index (χ2v) is 4.66. The van der Waals surface area contributed by atoms with Gasteiger partial charge in [0, 0.05) is 12.1 Å². The van der Waals surface area contributed by atoms with E-state index in [4.69, 9.17) is 4.74 Å². The summed E-state index contributed by atoms with van der Waals surface area (Å²) in [6.45, 7) is 2.21. The van der Waals surface area contributed by atoms with Gasteiger partial charge >= 0.3 is 0 Å². The lowest BCUT2D eigenvalue weighted by molar-refractivity contribution is 0.0414. The first-order chi connectivity index (χ1) is 6.85. The Bertz CT molecular complexity index is 172. The molecule has 2 heterocycles. The Morgan fingerprint density at radius 3 is 2.86 bits per heavy atom. The molecule has 0 radical (unpaired) electrons. The molecule has 14 heavy (non-hydrogen) atoms. The van der Waals surface area contributed by atoms with Crippen molar-refractivity contribution >= 4 is 0 Å². The zero-order valence-electron chi connectivity index (χ0n) is 8.80. The highest BCUT2D eigenvalue weighted by atomic mass is 16.5. The summed E-state index contributed by atoms with van der Waals surface area (Å²) in [5.41, 5.74) is -0.0345. The molecule has 0 aromatic carbocycles. The van der Waals surface area contributed by atoms with Gasteiger partial charge in [0.25, 0.3) is 0 Å². The molecule has 2 fully saturated rings. The minimum atomic E-state index is -0.0345. The van der Waals surface area contributed by atoms with Gasteiger partial charge in [0.05, 0.1) is 12.7 Å². The highest BCUT2D eigenvalue weighted by Crippen LogP contribution is 2.28. The van der Waals surface area contributed by atoms with Gasteiger partial charge in [-0.25, -0.2) is 0 Å². The first-order valence-electron chi connectivity index (χ1n) is 5.82. The molecule has 82 valence electrons. The molecular formula is C11H21NO2. The van der Waals surface area contributed by atoms with Gasteiger partial charge in [-0.1, -0.05) is 6.42 Å². The second-order valence-electron chi connectivity index (χ2n) is 4.66. The number of aliphatic hydroxyl groups excluding tert-OH is 1. The van der Waals surface area contributed by atoms with E-state index in [0.29, 0.717) is 6.10 Å². The van der Waals surface area contributed by atoms with Crippen LogP contribution in [0.15, 0.2) is 0 Å². The SMILES string of the molecule is OCC1(CC2CCCO2)CCCCN1. The van der Waals surface area contributed by atoms with Crippen molar-refractivity contribution in [2.24, 2.45) is 0 Å². The number of ether oxygens (including phenoxy) is 1. The summed E-state index contributed by atoms with van der Waals surface area (Å²) >= 11 is 0. The van der Waals surface area contributed by atoms with Gasteiger partial charge < -0.3 is 15.2 Å². The zero-order chi connectivity index (χ0) is 9.86. The Morgan fingerprint density at radius 1 is 1.36 bits per heavy atom. The minimum absolute atomic E-state index is 0.0345. The summed E-state index contributed by atoms with van der Waals surface area (Å²) in [7, 11) is 0. The fourth-order valence-electron chi connectivity index (χ4n) is 2.65. The largest absolute Gasteiger partial charge is 0.394 e. The van der Waals surface area contributed by atoms with Crippen molar-refractivity contribution in [2.45, 2.75) is 50.2 Å². The summed E-state index contributed by atoms with van der Waals surface area (Å²) in [4.78, 5) is 0. The van der Waals surface area contributed by atoms with Gasteiger partial charge in [-0.2, -0.15) is 0 Å². The Balaban J connectivity index is 1.89. The monoisotopic (exact) mass is 199 g/mol. The van der Waals surface area contributed by atoms with Crippen LogP contribution in [0.25, 0.3) is 0 Å². The van der Waals surface area contributed by atoms with Crippen molar-refractivity contribution in [1.29, 1.82) is 0 Å². The molecule has 2 unspecified atom stereocenters. The number of aliphatic hydroxyl groups is 1. The fourth-order valence-corrected chi connectivity index (χ4v) is 2.65. The van der Waals surface area contributed by atoms with Crippen molar-refractivity contribution < 1.29 is 9.84 Å². The maximum Gasteiger partial charge on any atom is 0.0614 e. The molecule has 0 saturated carbocycles. The van der Waals surface area contributed by atoms with E-state index in [1.807, 2.05) is 0 Å². The van der Waals surface area contributed by atoms with Crippen LogP contribution in [0, 0.1) is 0 Å². The molecule has 2 atom stereocenters. The van der Waals surface area contributed by atoms with Crippen molar-refractivity contribution in [3.63, 3.8) is 0 Å². The van der Waals surface area contributed by atoms with Crippen molar-refractivity contribution in [3.8, 4) is 0 Å². The van der Waals surface area contributed by atoms with Crippen LogP contribution >= 0.6 is 0 Å². The third-order valence-corrected chi connectivity index (χ3v) is 3.53. The topological polar surface area (TPSA) is 41.5 Å². The van der Waals surface area contributed by atoms with Crippen molar-refractivity contribution in [3.05, 3.63) is 0 Å². The Labute approximate surface area is 85.8 Å². The Kier molecular flexibility index (Phi) is 3.42. The average molecular weight is 199 g/mol. The van der Waals surface area contributed by atoms with E-state index >= 15 is 0 Å². The highest BCUT2D eigenvalue weighted by molar-refractivity contribution is 4.93. The number of hydrogen-bond acceptors (Lipinski definition) is 3. The van der Waals surface area contributed by atoms with Gasteiger partial charge in [0.1, 0.15) is 0 Å². The van der Waals surface area contributed by atoms with E-state index in [0.717, 1.165) is 26.0 Å². The zero-order valence-corrected chi connectivity index (χ0v) is 8.80. The molecule has 0 aromatic heterocycles. The maximum atomic E-state index is 9.48. The van der Waals surface area contributed by atoms with E-state index in [9.17, 15) is 5.11 Å². The predicted molar refractivity (Wildman–Crippen MR) is 55.3 cm³/mol. The lowest BCUT2D eigenvalue weighted by Crippen LogP contribution is -2.53. The van der Waals surface area contributed by atoms with Gasteiger partial charge in [-0.05, 0) is 38.6 Å². The summed E-state index contributed by atoms with van der Waals surface area (Å²) in [5.74, 6) is 0. The van der Waals surface area contributed by atoms with Gasteiger partial charge in [-0.15, -0.1) is 0 Å². The summed E-state index contributed by atoms with van der Waals surface area (Å²) in [6.07, 6.45) is 7.31. The number of nitrogens with one attached hydrogen (secondary N) is 1. The lowest BCUT2D eigenvalue weighted by atomic mass is 9.84. The first-order valence-corrected chi connectivity index (χ1v) is 5.82. The van der Waals surface area contributed by atoms with E-state index in [2.05, 4.69) is 5.32 Å². The summed E-state index contributed by atoms with van der Waals surface area (Å²) in [5, 5.41) is 13.0. The van der Waals surface area contributed by atoms with E-state index < -0.39 is 0 Å². The van der Waals surface area contributed by atoms with Gasteiger partial charge in [0.2, 0.25) is 0 Å². The highest BCUT2D eigenvalue weighted by Gasteiger charge is 2.34. The molecular weight excluding hydrogens is 178 g/mol. The van der Waals surface area contributed by atoms with Crippen LogP contribution in [-0.4, -0.2) is 36.5 Å². The third kappa shape index (κ3) is 2.27. The maximum absolute atomic E-state index is 9.48. The Hall–Kier alpha value is -0.120. The summed E-state index contributed by atoms with van der Waals surface area (Å²) < 4.78 is 5.63. The molecule has 2 aliphatic rings.